The van der Waals surface area contributed by atoms with Crippen molar-refractivity contribution in [3.63, 3.8) is 0 Å². The molecule has 9 heteroatoms. The van der Waals surface area contributed by atoms with Crippen LogP contribution in [0.2, 0.25) is 0 Å². The fourth-order valence-electron chi connectivity index (χ4n) is 4.17. The SMILES string of the molecule is COc1cccc(C(=O)N2CCN(c3nn4c(NC(C)(C)C)c(-c5ccccc5)nc4s3)CC2)c1. The first-order valence-electron chi connectivity index (χ1n) is 11.7. The molecule has 0 aliphatic carbocycles. The number of carbonyl (C=O) groups excluding carboxylic acids is 1. The molecule has 2 aromatic heterocycles. The van der Waals surface area contributed by atoms with Crippen LogP contribution in [0.3, 0.4) is 0 Å². The largest absolute Gasteiger partial charge is 0.497 e. The van der Waals surface area contributed by atoms with E-state index in [4.69, 9.17) is 14.8 Å². The number of nitrogens with zero attached hydrogens (tertiary/aromatic N) is 5. The Morgan fingerprint density at radius 3 is 2.46 bits per heavy atom. The lowest BCUT2D eigenvalue weighted by atomic mass is 10.1. The second-order valence-corrected chi connectivity index (χ2v) is 10.6. The molecule has 182 valence electrons. The van der Waals surface area contributed by atoms with Crippen LogP contribution in [0.15, 0.2) is 54.6 Å². The number of aromatic nitrogens is 3. The van der Waals surface area contributed by atoms with Crippen molar-refractivity contribution in [3.05, 3.63) is 60.2 Å². The van der Waals surface area contributed by atoms with Crippen LogP contribution in [0.5, 0.6) is 5.75 Å². The molecule has 35 heavy (non-hydrogen) atoms. The van der Waals surface area contributed by atoms with E-state index in [0.29, 0.717) is 24.4 Å². The van der Waals surface area contributed by atoms with Gasteiger partial charge in [0, 0.05) is 42.8 Å². The molecule has 0 spiro atoms. The van der Waals surface area contributed by atoms with Crippen LogP contribution in [0.1, 0.15) is 31.1 Å². The summed E-state index contributed by atoms with van der Waals surface area (Å²) in [6.07, 6.45) is 0. The van der Waals surface area contributed by atoms with Crippen molar-refractivity contribution < 1.29 is 9.53 Å². The molecule has 0 unspecified atom stereocenters. The Balaban J connectivity index is 1.36. The highest BCUT2D eigenvalue weighted by atomic mass is 32.1. The average molecular weight is 491 g/mol. The lowest BCUT2D eigenvalue weighted by molar-refractivity contribution is 0.0746. The fourth-order valence-corrected chi connectivity index (χ4v) is 5.12. The maximum absolute atomic E-state index is 13.0. The Kier molecular flexibility index (Phi) is 6.10. The Morgan fingerprint density at radius 2 is 1.77 bits per heavy atom. The van der Waals surface area contributed by atoms with Crippen LogP contribution < -0.4 is 15.0 Å². The van der Waals surface area contributed by atoms with Crippen molar-refractivity contribution in [3.8, 4) is 17.0 Å². The van der Waals surface area contributed by atoms with Gasteiger partial charge in [-0.25, -0.2) is 4.98 Å². The minimum absolute atomic E-state index is 0.0293. The number of methoxy groups -OCH3 is 1. The van der Waals surface area contributed by atoms with Crippen molar-refractivity contribution in [2.45, 2.75) is 26.3 Å². The second kappa shape index (κ2) is 9.22. The Bertz CT molecular complexity index is 1330. The Labute approximate surface area is 209 Å². The molecule has 0 atom stereocenters. The molecular weight excluding hydrogens is 460 g/mol. The number of benzene rings is 2. The van der Waals surface area contributed by atoms with Gasteiger partial charge in [-0.15, -0.1) is 5.10 Å². The summed E-state index contributed by atoms with van der Waals surface area (Å²) in [6, 6.07) is 17.5. The molecule has 0 radical (unpaired) electrons. The molecule has 0 saturated carbocycles. The molecule has 2 aromatic carbocycles. The molecular formula is C26H30N6O2S. The van der Waals surface area contributed by atoms with Crippen LogP contribution in [-0.2, 0) is 0 Å². The molecule has 1 fully saturated rings. The van der Waals surface area contributed by atoms with E-state index in [9.17, 15) is 4.79 Å². The topological polar surface area (TPSA) is 75.0 Å². The molecule has 4 aromatic rings. The highest BCUT2D eigenvalue weighted by Gasteiger charge is 2.27. The normalized spacial score (nSPS) is 14.4. The summed E-state index contributed by atoms with van der Waals surface area (Å²) in [4.78, 5) is 22.9. The predicted octanol–water partition coefficient (Wildman–Crippen LogP) is 4.64. The molecule has 1 aliphatic heterocycles. The number of anilines is 2. The lowest BCUT2D eigenvalue weighted by Gasteiger charge is -2.34. The van der Waals surface area contributed by atoms with E-state index < -0.39 is 0 Å². The first kappa shape index (κ1) is 23.2. The van der Waals surface area contributed by atoms with E-state index in [1.807, 2.05) is 45.8 Å². The third-order valence-corrected chi connectivity index (χ3v) is 6.86. The van der Waals surface area contributed by atoms with Crippen molar-refractivity contribution in [1.29, 1.82) is 0 Å². The highest BCUT2D eigenvalue weighted by molar-refractivity contribution is 7.20. The molecule has 1 N–H and O–H groups in total. The minimum atomic E-state index is -0.143. The number of fused-ring (bicyclic) bond motifs is 1. The van der Waals surface area contributed by atoms with Gasteiger partial charge in [0.25, 0.3) is 5.91 Å². The van der Waals surface area contributed by atoms with Gasteiger partial charge in [-0.3, -0.25) is 4.79 Å². The standard InChI is InChI=1S/C26H30N6O2S/c1-26(2,3)28-22-21(18-9-6-5-7-10-18)27-24-32(22)29-25(35-24)31-15-13-30(14-16-31)23(33)19-11-8-12-20(17-19)34-4/h5-12,17,28H,13-16H2,1-4H3. The summed E-state index contributed by atoms with van der Waals surface area (Å²) in [7, 11) is 1.61. The Hall–Kier alpha value is -3.59. The van der Waals surface area contributed by atoms with Gasteiger partial charge < -0.3 is 19.9 Å². The van der Waals surface area contributed by atoms with Gasteiger partial charge in [-0.2, -0.15) is 4.52 Å². The third-order valence-electron chi connectivity index (χ3n) is 5.89. The molecule has 5 rings (SSSR count). The van der Waals surface area contributed by atoms with Crippen molar-refractivity contribution in [2.24, 2.45) is 0 Å². The number of imidazole rings is 1. The molecule has 3 heterocycles. The number of ether oxygens (including phenoxy) is 1. The van der Waals surface area contributed by atoms with Crippen LogP contribution in [0.4, 0.5) is 10.9 Å². The summed E-state index contributed by atoms with van der Waals surface area (Å²) in [6.45, 7) is 9.12. The van der Waals surface area contributed by atoms with Crippen molar-refractivity contribution in [2.75, 3.05) is 43.5 Å². The number of nitrogens with one attached hydrogen (secondary N) is 1. The maximum atomic E-state index is 13.0. The second-order valence-electron chi connectivity index (χ2n) is 9.64. The van der Waals surface area contributed by atoms with E-state index in [2.05, 4.69) is 43.1 Å². The average Bonchev–Trinajstić information content (AvgIpc) is 3.43. The monoisotopic (exact) mass is 490 g/mol. The zero-order chi connectivity index (χ0) is 24.6. The molecule has 0 bridgehead atoms. The number of carbonyl (C=O) groups is 1. The number of amides is 1. The lowest BCUT2D eigenvalue weighted by Crippen LogP contribution is -2.48. The summed E-state index contributed by atoms with van der Waals surface area (Å²) in [5.41, 5.74) is 2.47. The molecule has 1 amide bonds. The van der Waals surface area contributed by atoms with Crippen LogP contribution >= 0.6 is 11.3 Å². The van der Waals surface area contributed by atoms with E-state index in [1.54, 1.807) is 24.5 Å². The maximum Gasteiger partial charge on any atom is 0.254 e. The quantitative estimate of drug-likeness (QED) is 0.439. The molecule has 8 nitrogen and oxygen atoms in total. The van der Waals surface area contributed by atoms with Crippen molar-refractivity contribution >= 4 is 33.2 Å². The van der Waals surface area contributed by atoms with Gasteiger partial charge in [-0.1, -0.05) is 47.7 Å². The zero-order valence-electron chi connectivity index (χ0n) is 20.5. The first-order chi connectivity index (χ1) is 16.8. The number of piperazine rings is 1. The van der Waals surface area contributed by atoms with Crippen LogP contribution in [0.25, 0.3) is 16.2 Å². The smallest absolute Gasteiger partial charge is 0.254 e. The summed E-state index contributed by atoms with van der Waals surface area (Å²) in [5, 5.41) is 9.45. The number of hydrogen-bond acceptors (Lipinski definition) is 7. The summed E-state index contributed by atoms with van der Waals surface area (Å²) >= 11 is 1.58. The van der Waals surface area contributed by atoms with Crippen molar-refractivity contribution in [1.82, 2.24) is 19.5 Å². The number of rotatable bonds is 5. The molecule has 1 aliphatic rings. The first-order valence-corrected chi connectivity index (χ1v) is 12.6. The van der Waals surface area contributed by atoms with Gasteiger partial charge in [0.15, 0.2) is 5.82 Å². The van der Waals surface area contributed by atoms with E-state index in [-0.39, 0.29) is 11.4 Å². The third kappa shape index (κ3) is 4.81. The minimum Gasteiger partial charge on any atom is -0.497 e. The van der Waals surface area contributed by atoms with Gasteiger partial charge in [0.05, 0.1) is 7.11 Å². The van der Waals surface area contributed by atoms with Gasteiger partial charge in [0.1, 0.15) is 11.4 Å². The van der Waals surface area contributed by atoms with E-state index in [0.717, 1.165) is 40.3 Å². The highest BCUT2D eigenvalue weighted by Crippen LogP contribution is 2.35. The van der Waals surface area contributed by atoms with Gasteiger partial charge in [0.2, 0.25) is 10.1 Å². The molecule has 1 saturated heterocycles. The van der Waals surface area contributed by atoms with E-state index >= 15 is 0 Å². The zero-order valence-corrected chi connectivity index (χ0v) is 21.3. The number of hydrogen-bond donors (Lipinski definition) is 1. The van der Waals surface area contributed by atoms with Crippen LogP contribution in [0, 0.1) is 0 Å². The summed E-state index contributed by atoms with van der Waals surface area (Å²) in [5.74, 6) is 1.62. The predicted molar refractivity (Wildman–Crippen MR) is 141 cm³/mol. The fraction of sp³-hybridized carbons (Fsp3) is 0.346. The Morgan fingerprint density at radius 1 is 1.03 bits per heavy atom. The van der Waals surface area contributed by atoms with Crippen LogP contribution in [-0.4, -0.2) is 64.2 Å². The van der Waals surface area contributed by atoms with Gasteiger partial charge >= 0.3 is 0 Å². The van der Waals surface area contributed by atoms with Gasteiger partial charge in [-0.05, 0) is 39.0 Å². The summed E-state index contributed by atoms with van der Waals surface area (Å²) < 4.78 is 7.18. The van der Waals surface area contributed by atoms with E-state index in [1.165, 1.54) is 0 Å².